The Morgan fingerprint density at radius 2 is 1.69 bits per heavy atom. The van der Waals surface area contributed by atoms with Crippen molar-refractivity contribution < 1.29 is 26.3 Å². The zero-order valence-corrected chi connectivity index (χ0v) is 8.89. The number of methoxy groups -OCH3 is 1. The maximum absolute atomic E-state index is 12.0. The fraction of sp³-hybridized carbons (Fsp3) is 0.250. The minimum Gasteiger partial charge on any atom is -0.497 e. The monoisotopic (exact) mass is 255 g/mol. The van der Waals surface area contributed by atoms with Gasteiger partial charge in [0.15, 0.2) is 0 Å². The molecule has 0 spiro atoms. The van der Waals surface area contributed by atoms with Crippen LogP contribution < -0.4 is 9.46 Å². The summed E-state index contributed by atoms with van der Waals surface area (Å²) in [5.41, 5.74) is -5.51. The van der Waals surface area contributed by atoms with Gasteiger partial charge in [-0.15, -0.1) is 0 Å². The minimum absolute atomic E-state index is 0.182. The van der Waals surface area contributed by atoms with Gasteiger partial charge in [0.05, 0.1) is 7.11 Å². The predicted molar refractivity (Wildman–Crippen MR) is 51.6 cm³/mol. The van der Waals surface area contributed by atoms with E-state index in [4.69, 9.17) is 4.74 Å². The van der Waals surface area contributed by atoms with Gasteiger partial charge in [0.1, 0.15) is 5.75 Å². The highest BCUT2D eigenvalue weighted by atomic mass is 32.2. The Bertz CT molecular complexity index is 452. The van der Waals surface area contributed by atoms with E-state index < -0.39 is 15.5 Å². The van der Waals surface area contributed by atoms with Crippen molar-refractivity contribution in [2.45, 2.75) is 5.51 Å². The van der Waals surface area contributed by atoms with E-state index >= 15 is 0 Å². The maximum Gasteiger partial charge on any atom is 0.516 e. The Labute approximate surface area is 90.1 Å². The number of ether oxygens (including phenoxy) is 1. The number of anilines is 1. The van der Waals surface area contributed by atoms with Crippen LogP contribution >= 0.6 is 0 Å². The van der Waals surface area contributed by atoms with E-state index in [1.165, 1.54) is 36.1 Å². The Hall–Kier alpha value is -1.44. The van der Waals surface area contributed by atoms with Crippen molar-refractivity contribution >= 4 is 15.7 Å². The minimum atomic E-state index is -5.36. The maximum atomic E-state index is 12.0. The molecule has 1 rings (SSSR count). The van der Waals surface area contributed by atoms with Crippen LogP contribution in [0, 0.1) is 0 Å². The summed E-state index contributed by atoms with van der Waals surface area (Å²) in [6.07, 6.45) is 0. The third kappa shape index (κ3) is 2.78. The molecule has 0 aromatic heterocycles. The van der Waals surface area contributed by atoms with Crippen molar-refractivity contribution in [3.05, 3.63) is 24.3 Å². The van der Waals surface area contributed by atoms with E-state index in [0.717, 1.165) is 0 Å². The van der Waals surface area contributed by atoms with Gasteiger partial charge in [0.2, 0.25) is 0 Å². The lowest BCUT2D eigenvalue weighted by Crippen LogP contribution is -2.29. The van der Waals surface area contributed by atoms with Crippen LogP contribution in [0.5, 0.6) is 5.75 Å². The number of hydrogen-bond donors (Lipinski definition) is 1. The number of rotatable bonds is 3. The number of hydrogen-bond acceptors (Lipinski definition) is 3. The van der Waals surface area contributed by atoms with Gasteiger partial charge < -0.3 is 4.74 Å². The van der Waals surface area contributed by atoms with Gasteiger partial charge in [-0.3, -0.25) is 4.72 Å². The lowest BCUT2D eigenvalue weighted by molar-refractivity contribution is -0.0429. The number of halogens is 3. The molecule has 0 heterocycles. The second kappa shape index (κ2) is 4.20. The summed E-state index contributed by atoms with van der Waals surface area (Å²) in [5.74, 6) is 0.412. The third-order valence-corrected chi connectivity index (χ3v) is 2.76. The molecule has 16 heavy (non-hydrogen) atoms. The van der Waals surface area contributed by atoms with Crippen LogP contribution in [0.15, 0.2) is 24.3 Å². The quantitative estimate of drug-likeness (QED) is 0.898. The van der Waals surface area contributed by atoms with Gasteiger partial charge >= 0.3 is 15.5 Å². The molecule has 0 bridgehead atoms. The summed E-state index contributed by atoms with van der Waals surface area (Å²) in [4.78, 5) is 0. The van der Waals surface area contributed by atoms with Crippen molar-refractivity contribution in [1.82, 2.24) is 0 Å². The first-order chi connectivity index (χ1) is 7.26. The van der Waals surface area contributed by atoms with Crippen LogP contribution in [0.1, 0.15) is 0 Å². The molecular formula is C8H8F3NO3S. The third-order valence-electron chi connectivity index (χ3n) is 1.65. The van der Waals surface area contributed by atoms with Gasteiger partial charge in [0.25, 0.3) is 0 Å². The molecule has 0 saturated heterocycles. The zero-order valence-electron chi connectivity index (χ0n) is 8.08. The van der Waals surface area contributed by atoms with Gasteiger partial charge in [-0.1, -0.05) is 0 Å². The lowest BCUT2D eigenvalue weighted by atomic mass is 10.3. The van der Waals surface area contributed by atoms with E-state index in [1.54, 1.807) is 0 Å². The second-order valence-corrected chi connectivity index (χ2v) is 4.45. The van der Waals surface area contributed by atoms with Crippen LogP contribution in [-0.4, -0.2) is 21.0 Å². The molecule has 1 aromatic rings. The van der Waals surface area contributed by atoms with E-state index in [0.29, 0.717) is 5.75 Å². The lowest BCUT2D eigenvalue weighted by Gasteiger charge is -2.10. The SMILES string of the molecule is COc1ccc(NS(=O)(=O)C(F)(F)F)cc1. The van der Waals surface area contributed by atoms with Crippen molar-refractivity contribution in [1.29, 1.82) is 0 Å². The second-order valence-electron chi connectivity index (χ2n) is 2.78. The number of sulfonamides is 1. The Morgan fingerprint density at radius 3 is 2.06 bits per heavy atom. The average Bonchev–Trinajstić information content (AvgIpc) is 2.16. The topological polar surface area (TPSA) is 55.4 Å². The van der Waals surface area contributed by atoms with Crippen molar-refractivity contribution in [2.24, 2.45) is 0 Å². The zero-order chi connectivity index (χ0) is 12.4. The fourth-order valence-corrected chi connectivity index (χ4v) is 1.43. The highest BCUT2D eigenvalue weighted by Crippen LogP contribution is 2.26. The molecule has 4 nitrogen and oxygen atoms in total. The van der Waals surface area contributed by atoms with Crippen LogP contribution in [0.25, 0.3) is 0 Å². The van der Waals surface area contributed by atoms with E-state index in [9.17, 15) is 21.6 Å². The largest absolute Gasteiger partial charge is 0.516 e. The van der Waals surface area contributed by atoms with Gasteiger partial charge in [-0.05, 0) is 24.3 Å². The molecule has 0 aliphatic carbocycles. The predicted octanol–water partition coefficient (Wildman–Crippen LogP) is 1.96. The first-order valence-electron chi connectivity index (χ1n) is 3.99. The number of benzene rings is 1. The summed E-state index contributed by atoms with van der Waals surface area (Å²) in [7, 11) is -3.98. The molecule has 0 amide bonds. The molecule has 0 aliphatic heterocycles. The molecule has 0 fully saturated rings. The summed E-state index contributed by atoms with van der Waals surface area (Å²) >= 11 is 0. The van der Waals surface area contributed by atoms with E-state index in [2.05, 4.69) is 0 Å². The van der Waals surface area contributed by atoms with Crippen LogP contribution in [0.3, 0.4) is 0 Å². The molecule has 0 atom stereocenters. The number of nitrogens with one attached hydrogen (secondary N) is 1. The Kier molecular flexibility index (Phi) is 3.32. The average molecular weight is 255 g/mol. The van der Waals surface area contributed by atoms with E-state index in [-0.39, 0.29) is 5.69 Å². The van der Waals surface area contributed by atoms with Crippen LogP contribution in [-0.2, 0) is 10.0 Å². The molecule has 8 heteroatoms. The summed E-state index contributed by atoms with van der Waals surface area (Å²) in [6, 6.07) is 5.02. The molecule has 90 valence electrons. The van der Waals surface area contributed by atoms with Crippen molar-refractivity contribution in [2.75, 3.05) is 11.8 Å². The normalized spacial score (nSPS) is 12.2. The standard InChI is InChI=1S/C8H8F3NO3S/c1-15-7-4-2-6(3-5-7)12-16(13,14)8(9,10)11/h2-5,12H,1H3. The summed E-state index contributed by atoms with van der Waals surface area (Å²) in [5, 5.41) is 0. The van der Waals surface area contributed by atoms with Crippen molar-refractivity contribution in [3.8, 4) is 5.75 Å². The smallest absolute Gasteiger partial charge is 0.497 e. The highest BCUT2D eigenvalue weighted by molar-refractivity contribution is 7.93. The molecule has 1 N–H and O–H groups in total. The fourth-order valence-electron chi connectivity index (χ4n) is 0.872. The first-order valence-corrected chi connectivity index (χ1v) is 5.48. The Balaban J connectivity index is 2.89. The molecule has 0 unspecified atom stereocenters. The summed E-state index contributed by atoms with van der Waals surface area (Å²) in [6.45, 7) is 0. The van der Waals surface area contributed by atoms with Gasteiger partial charge in [-0.2, -0.15) is 21.6 Å². The van der Waals surface area contributed by atoms with Crippen LogP contribution in [0.2, 0.25) is 0 Å². The molecular weight excluding hydrogens is 247 g/mol. The molecule has 0 saturated carbocycles. The van der Waals surface area contributed by atoms with E-state index in [1.807, 2.05) is 0 Å². The van der Waals surface area contributed by atoms with Crippen LogP contribution in [0.4, 0.5) is 18.9 Å². The highest BCUT2D eigenvalue weighted by Gasteiger charge is 2.45. The van der Waals surface area contributed by atoms with Gasteiger partial charge in [0, 0.05) is 5.69 Å². The number of alkyl halides is 3. The molecule has 1 aromatic carbocycles. The first kappa shape index (κ1) is 12.6. The summed E-state index contributed by atoms with van der Waals surface area (Å²) < 4.78 is 63.6. The molecule has 0 radical (unpaired) electrons. The van der Waals surface area contributed by atoms with Crippen molar-refractivity contribution in [3.63, 3.8) is 0 Å². The molecule has 0 aliphatic rings. The van der Waals surface area contributed by atoms with Gasteiger partial charge in [-0.25, -0.2) is 0 Å². The Morgan fingerprint density at radius 1 is 1.19 bits per heavy atom.